The van der Waals surface area contributed by atoms with Crippen molar-refractivity contribution < 1.29 is 14.0 Å². The Balaban J connectivity index is 2.22. The molecular weight excluding hydrogens is 294 g/mol. The van der Waals surface area contributed by atoms with Gasteiger partial charge in [-0.1, -0.05) is 19.9 Å². The van der Waals surface area contributed by atoms with Crippen LogP contribution in [-0.4, -0.2) is 16.7 Å². The van der Waals surface area contributed by atoms with Crippen LogP contribution in [0, 0.1) is 24.2 Å². The molecule has 1 N–H and O–H groups in total. The summed E-state index contributed by atoms with van der Waals surface area (Å²) in [4.78, 5) is 28.6. The van der Waals surface area contributed by atoms with Crippen LogP contribution in [0.15, 0.2) is 34.9 Å². The van der Waals surface area contributed by atoms with Gasteiger partial charge in [-0.25, -0.2) is 4.98 Å². The zero-order valence-electron chi connectivity index (χ0n) is 13.2. The predicted molar refractivity (Wildman–Crippen MR) is 83.8 cm³/mol. The third-order valence-corrected chi connectivity index (χ3v) is 3.34. The molecule has 23 heavy (non-hydrogen) atoms. The number of nitrogens with one attached hydrogen (secondary N) is 1. The highest BCUT2D eigenvalue weighted by molar-refractivity contribution is 6.15. The zero-order chi connectivity index (χ0) is 17.0. The van der Waals surface area contributed by atoms with Gasteiger partial charge in [-0.2, -0.15) is 5.26 Å². The van der Waals surface area contributed by atoms with Crippen LogP contribution in [0.5, 0.6) is 0 Å². The number of amides is 1. The van der Waals surface area contributed by atoms with Crippen molar-refractivity contribution in [2.24, 2.45) is 5.92 Å². The van der Waals surface area contributed by atoms with Gasteiger partial charge >= 0.3 is 0 Å². The molecule has 0 aromatic carbocycles. The van der Waals surface area contributed by atoms with Crippen molar-refractivity contribution in [3.8, 4) is 6.07 Å². The van der Waals surface area contributed by atoms with E-state index in [2.05, 4.69) is 10.3 Å². The molecule has 6 nitrogen and oxygen atoms in total. The summed E-state index contributed by atoms with van der Waals surface area (Å²) in [6, 6.07) is 8.33. The van der Waals surface area contributed by atoms with E-state index >= 15 is 0 Å². The molecule has 2 aromatic rings. The molecule has 2 heterocycles. The number of carbonyl (C=O) groups is 2. The number of anilines is 1. The number of pyridine rings is 1. The number of Topliss-reactive ketones (excluding diaryl/α,β-unsaturated/α-hetero) is 1. The predicted octanol–water partition coefficient (Wildman–Crippen LogP) is 3.07. The molecule has 1 amide bonds. The highest BCUT2D eigenvalue weighted by Gasteiger charge is 2.30. The second-order valence-corrected chi connectivity index (χ2v) is 5.40. The summed E-state index contributed by atoms with van der Waals surface area (Å²) in [6.45, 7) is 5.51. The minimum atomic E-state index is -1.45. The quantitative estimate of drug-likeness (QED) is 0.676. The zero-order valence-corrected chi connectivity index (χ0v) is 13.2. The van der Waals surface area contributed by atoms with Crippen molar-refractivity contribution in [1.82, 2.24) is 4.98 Å². The van der Waals surface area contributed by atoms with E-state index in [1.807, 2.05) is 13.8 Å². The fourth-order valence-corrected chi connectivity index (χ4v) is 2.06. The molecule has 0 saturated heterocycles. The van der Waals surface area contributed by atoms with E-state index in [4.69, 9.17) is 4.42 Å². The molecule has 0 spiro atoms. The van der Waals surface area contributed by atoms with E-state index in [-0.39, 0.29) is 17.3 Å². The summed E-state index contributed by atoms with van der Waals surface area (Å²) >= 11 is 0. The first kappa shape index (κ1) is 16.4. The summed E-state index contributed by atoms with van der Waals surface area (Å²) in [5, 5.41) is 11.7. The fraction of sp³-hybridized carbons (Fsp3) is 0.294. The topological polar surface area (TPSA) is 96.0 Å². The van der Waals surface area contributed by atoms with Gasteiger partial charge in [0.15, 0.2) is 11.7 Å². The maximum atomic E-state index is 12.5. The average Bonchev–Trinajstić information content (AvgIpc) is 2.91. The molecule has 0 bridgehead atoms. The first-order valence-corrected chi connectivity index (χ1v) is 7.20. The van der Waals surface area contributed by atoms with Crippen LogP contribution >= 0.6 is 0 Å². The summed E-state index contributed by atoms with van der Waals surface area (Å²) in [5.41, 5.74) is 0.261. The Labute approximate surface area is 134 Å². The highest BCUT2D eigenvalue weighted by Crippen LogP contribution is 2.24. The molecule has 2 rings (SSSR count). The number of aryl methyl sites for hydroxylation is 1. The Kier molecular flexibility index (Phi) is 4.91. The van der Waals surface area contributed by atoms with E-state index < -0.39 is 17.6 Å². The van der Waals surface area contributed by atoms with Gasteiger partial charge in [-0.05, 0) is 25.1 Å². The number of nitrogens with zero attached hydrogens (tertiary/aromatic N) is 2. The average molecular weight is 311 g/mol. The summed E-state index contributed by atoms with van der Waals surface area (Å²) in [7, 11) is 0. The second kappa shape index (κ2) is 6.88. The van der Waals surface area contributed by atoms with Gasteiger partial charge in [-0.15, -0.1) is 0 Å². The summed E-state index contributed by atoms with van der Waals surface area (Å²) in [6.07, 6.45) is 1.51. The van der Waals surface area contributed by atoms with Crippen molar-refractivity contribution in [2.75, 3.05) is 5.32 Å². The minimum absolute atomic E-state index is 0.109. The minimum Gasteiger partial charge on any atom is -0.465 e. The number of hydrogen-bond donors (Lipinski definition) is 1. The molecule has 1 atom stereocenters. The van der Waals surface area contributed by atoms with Crippen molar-refractivity contribution in [3.05, 3.63) is 47.5 Å². The van der Waals surface area contributed by atoms with Gasteiger partial charge in [0, 0.05) is 12.1 Å². The Morgan fingerprint density at radius 2 is 2.09 bits per heavy atom. The van der Waals surface area contributed by atoms with Crippen LogP contribution in [0.4, 0.5) is 5.82 Å². The van der Waals surface area contributed by atoms with Gasteiger partial charge < -0.3 is 9.73 Å². The normalized spacial score (nSPS) is 11.8. The number of carbonyl (C=O) groups excluding carboxylic acids is 2. The molecule has 118 valence electrons. The number of ketones is 1. The van der Waals surface area contributed by atoms with E-state index in [1.54, 1.807) is 37.3 Å². The first-order valence-electron chi connectivity index (χ1n) is 7.20. The van der Waals surface area contributed by atoms with E-state index in [0.717, 1.165) is 0 Å². The molecular formula is C17H17N3O3. The van der Waals surface area contributed by atoms with Crippen molar-refractivity contribution in [2.45, 2.75) is 26.7 Å². The van der Waals surface area contributed by atoms with Gasteiger partial charge in [-0.3, -0.25) is 9.59 Å². The molecule has 0 aliphatic carbocycles. The molecule has 0 saturated carbocycles. The highest BCUT2D eigenvalue weighted by atomic mass is 16.3. The molecule has 0 fully saturated rings. The SMILES string of the molecule is Cc1oc(C(C)C)cc1C(=O)C(C#N)C(=O)Nc1ccccn1. The number of hydrogen-bond acceptors (Lipinski definition) is 5. The third-order valence-electron chi connectivity index (χ3n) is 3.34. The number of rotatable bonds is 5. The largest absolute Gasteiger partial charge is 0.465 e. The summed E-state index contributed by atoms with van der Waals surface area (Å²) < 4.78 is 5.52. The standard InChI is InChI=1S/C17H17N3O3/c1-10(2)14-8-12(11(3)23-14)16(21)13(9-18)17(22)20-15-6-4-5-7-19-15/h4-8,10,13H,1-3H3,(H,19,20,22). The number of furan rings is 1. The van der Waals surface area contributed by atoms with E-state index in [1.165, 1.54) is 6.20 Å². The van der Waals surface area contributed by atoms with Crippen molar-refractivity contribution in [3.63, 3.8) is 0 Å². The molecule has 1 unspecified atom stereocenters. The Bertz CT molecular complexity index is 757. The number of nitriles is 1. The first-order chi connectivity index (χ1) is 10.9. The van der Waals surface area contributed by atoms with Gasteiger partial charge in [0.05, 0.1) is 11.6 Å². The lowest BCUT2D eigenvalue weighted by Gasteiger charge is -2.08. The van der Waals surface area contributed by atoms with Crippen LogP contribution in [0.3, 0.4) is 0 Å². The number of aromatic nitrogens is 1. The molecule has 0 aliphatic rings. The van der Waals surface area contributed by atoms with Crippen molar-refractivity contribution in [1.29, 1.82) is 5.26 Å². The van der Waals surface area contributed by atoms with E-state index in [9.17, 15) is 14.9 Å². The molecule has 0 radical (unpaired) electrons. The van der Waals surface area contributed by atoms with Gasteiger partial charge in [0.2, 0.25) is 0 Å². The Morgan fingerprint density at radius 3 is 2.61 bits per heavy atom. The van der Waals surface area contributed by atoms with Gasteiger partial charge in [0.25, 0.3) is 5.91 Å². The van der Waals surface area contributed by atoms with Crippen LogP contribution in [0.2, 0.25) is 0 Å². The molecule has 0 aliphatic heterocycles. The fourth-order valence-electron chi connectivity index (χ4n) is 2.06. The molecule has 2 aromatic heterocycles. The maximum absolute atomic E-state index is 12.5. The van der Waals surface area contributed by atoms with Gasteiger partial charge in [0.1, 0.15) is 17.3 Å². The third kappa shape index (κ3) is 3.64. The lowest BCUT2D eigenvalue weighted by Crippen LogP contribution is -2.29. The monoisotopic (exact) mass is 311 g/mol. The smallest absolute Gasteiger partial charge is 0.250 e. The Hall–Kier alpha value is -2.94. The van der Waals surface area contributed by atoms with Crippen LogP contribution in [-0.2, 0) is 4.79 Å². The van der Waals surface area contributed by atoms with Crippen LogP contribution in [0.25, 0.3) is 0 Å². The van der Waals surface area contributed by atoms with Crippen LogP contribution < -0.4 is 5.32 Å². The second-order valence-electron chi connectivity index (χ2n) is 5.40. The molecule has 6 heteroatoms. The lowest BCUT2D eigenvalue weighted by molar-refractivity contribution is -0.117. The van der Waals surface area contributed by atoms with Crippen molar-refractivity contribution >= 4 is 17.5 Å². The summed E-state index contributed by atoms with van der Waals surface area (Å²) in [5.74, 6) is -1.28. The van der Waals surface area contributed by atoms with E-state index in [0.29, 0.717) is 11.5 Å². The lowest BCUT2D eigenvalue weighted by atomic mass is 9.97. The van der Waals surface area contributed by atoms with Crippen LogP contribution in [0.1, 0.15) is 41.6 Å². The Morgan fingerprint density at radius 1 is 1.35 bits per heavy atom. The maximum Gasteiger partial charge on any atom is 0.250 e.